The van der Waals surface area contributed by atoms with Crippen LogP contribution in [-0.2, 0) is 16.0 Å². The monoisotopic (exact) mass is 233 g/mol. The van der Waals surface area contributed by atoms with Gasteiger partial charge in [-0.15, -0.1) is 0 Å². The molecule has 0 aliphatic rings. The Labute approximate surface area is 99.8 Å². The van der Waals surface area contributed by atoms with Crippen molar-refractivity contribution >= 4 is 11.9 Å². The normalized spacial score (nSPS) is 11.8. The number of carbonyl (C=O) groups is 2. The van der Waals surface area contributed by atoms with Crippen LogP contribution in [0.3, 0.4) is 0 Å². The van der Waals surface area contributed by atoms with Crippen molar-refractivity contribution in [2.45, 2.75) is 12.8 Å². The standard InChI is InChI=1S/C13H15NO3/c1-9(13(16)17)11(12(14)15)8-7-10-5-3-2-4-6-10/h2-6,11H,1,7-8H2,(H2,14,15)(H,16,17). The number of aliphatic carboxylic acids is 1. The first-order chi connectivity index (χ1) is 8.02. The Balaban J connectivity index is 2.66. The Morgan fingerprint density at radius 3 is 2.35 bits per heavy atom. The Bertz CT molecular complexity index is 426. The van der Waals surface area contributed by atoms with Gasteiger partial charge in [-0.25, -0.2) is 4.79 Å². The second-order valence-electron chi connectivity index (χ2n) is 3.81. The van der Waals surface area contributed by atoms with Crippen LogP contribution >= 0.6 is 0 Å². The van der Waals surface area contributed by atoms with Crippen molar-refractivity contribution in [1.82, 2.24) is 0 Å². The molecule has 1 aromatic rings. The summed E-state index contributed by atoms with van der Waals surface area (Å²) in [6.07, 6.45) is 0.964. The van der Waals surface area contributed by atoms with E-state index in [2.05, 4.69) is 6.58 Å². The van der Waals surface area contributed by atoms with Gasteiger partial charge in [0.1, 0.15) is 0 Å². The zero-order valence-corrected chi connectivity index (χ0v) is 9.43. The second kappa shape index (κ2) is 5.84. The van der Waals surface area contributed by atoms with Crippen molar-refractivity contribution in [1.29, 1.82) is 0 Å². The van der Waals surface area contributed by atoms with E-state index in [4.69, 9.17) is 10.8 Å². The van der Waals surface area contributed by atoms with Gasteiger partial charge in [0.15, 0.2) is 0 Å². The van der Waals surface area contributed by atoms with Gasteiger partial charge < -0.3 is 10.8 Å². The van der Waals surface area contributed by atoms with Gasteiger partial charge in [-0.1, -0.05) is 36.9 Å². The van der Waals surface area contributed by atoms with Gasteiger partial charge in [0, 0.05) is 5.57 Å². The fourth-order valence-corrected chi connectivity index (χ4v) is 1.59. The van der Waals surface area contributed by atoms with E-state index in [1.165, 1.54) is 0 Å². The van der Waals surface area contributed by atoms with Gasteiger partial charge >= 0.3 is 5.97 Å². The van der Waals surface area contributed by atoms with Crippen LogP contribution < -0.4 is 5.73 Å². The molecule has 3 N–H and O–H groups in total. The summed E-state index contributed by atoms with van der Waals surface area (Å²) in [6, 6.07) is 9.51. The molecule has 0 aliphatic carbocycles. The van der Waals surface area contributed by atoms with E-state index in [-0.39, 0.29) is 5.57 Å². The average Bonchev–Trinajstić information content (AvgIpc) is 2.29. The van der Waals surface area contributed by atoms with Crippen LogP contribution in [0.15, 0.2) is 42.5 Å². The molecule has 1 atom stereocenters. The lowest BCUT2D eigenvalue weighted by atomic mass is 9.92. The summed E-state index contributed by atoms with van der Waals surface area (Å²) in [4.78, 5) is 21.9. The molecule has 0 radical (unpaired) electrons. The molecule has 1 unspecified atom stereocenters. The highest BCUT2D eigenvalue weighted by Crippen LogP contribution is 2.16. The number of rotatable bonds is 6. The summed E-state index contributed by atoms with van der Waals surface area (Å²) in [5.74, 6) is -2.64. The van der Waals surface area contributed by atoms with Crippen LogP contribution in [0, 0.1) is 5.92 Å². The fourth-order valence-electron chi connectivity index (χ4n) is 1.59. The number of primary amides is 1. The highest BCUT2D eigenvalue weighted by Gasteiger charge is 2.23. The summed E-state index contributed by atoms with van der Waals surface area (Å²) >= 11 is 0. The molecule has 0 fully saturated rings. The van der Waals surface area contributed by atoms with Crippen molar-refractivity contribution in [3.63, 3.8) is 0 Å². The first-order valence-electron chi connectivity index (χ1n) is 5.27. The minimum absolute atomic E-state index is 0.145. The predicted molar refractivity (Wildman–Crippen MR) is 64.2 cm³/mol. The number of aryl methyl sites for hydroxylation is 1. The first kappa shape index (κ1) is 13.0. The molecule has 0 bridgehead atoms. The SMILES string of the molecule is C=C(C(=O)O)C(CCc1ccccc1)C(N)=O. The number of benzene rings is 1. The topological polar surface area (TPSA) is 80.4 Å². The molecule has 17 heavy (non-hydrogen) atoms. The predicted octanol–water partition coefficient (Wildman–Crippen LogP) is 1.36. The number of carbonyl (C=O) groups excluding carboxylic acids is 1. The summed E-state index contributed by atoms with van der Waals surface area (Å²) in [5, 5.41) is 8.79. The molecule has 0 saturated carbocycles. The van der Waals surface area contributed by atoms with E-state index in [0.717, 1.165) is 5.56 Å². The van der Waals surface area contributed by atoms with Crippen molar-refractivity contribution in [2.24, 2.45) is 11.7 Å². The lowest BCUT2D eigenvalue weighted by molar-refractivity contribution is -0.135. The summed E-state index contributed by atoms with van der Waals surface area (Å²) < 4.78 is 0. The number of hydrogen-bond donors (Lipinski definition) is 2. The van der Waals surface area contributed by atoms with Crippen LogP contribution in [-0.4, -0.2) is 17.0 Å². The Hall–Kier alpha value is -2.10. The number of hydrogen-bond acceptors (Lipinski definition) is 2. The molecule has 0 aromatic heterocycles. The van der Waals surface area contributed by atoms with Crippen molar-refractivity contribution in [3.05, 3.63) is 48.0 Å². The van der Waals surface area contributed by atoms with Gasteiger partial charge in [-0.2, -0.15) is 0 Å². The molecule has 0 saturated heterocycles. The van der Waals surface area contributed by atoms with Gasteiger partial charge in [-0.3, -0.25) is 4.79 Å². The van der Waals surface area contributed by atoms with Gasteiger partial charge in [-0.05, 0) is 18.4 Å². The quantitative estimate of drug-likeness (QED) is 0.728. The van der Waals surface area contributed by atoms with E-state index in [0.29, 0.717) is 12.8 Å². The largest absolute Gasteiger partial charge is 0.478 e. The summed E-state index contributed by atoms with van der Waals surface area (Å²) in [7, 11) is 0. The van der Waals surface area contributed by atoms with Crippen molar-refractivity contribution in [3.8, 4) is 0 Å². The maximum atomic E-state index is 11.2. The molecule has 1 aromatic carbocycles. The van der Waals surface area contributed by atoms with Crippen molar-refractivity contribution in [2.75, 3.05) is 0 Å². The van der Waals surface area contributed by atoms with Crippen LogP contribution in [0.1, 0.15) is 12.0 Å². The van der Waals surface area contributed by atoms with E-state index in [1.54, 1.807) is 0 Å². The van der Waals surface area contributed by atoms with Crippen LogP contribution in [0.4, 0.5) is 0 Å². The van der Waals surface area contributed by atoms with Gasteiger partial charge in [0.05, 0.1) is 5.92 Å². The third kappa shape index (κ3) is 3.75. The fraction of sp³-hybridized carbons (Fsp3) is 0.231. The van der Waals surface area contributed by atoms with E-state index in [9.17, 15) is 9.59 Å². The number of nitrogens with two attached hydrogens (primary N) is 1. The molecule has 1 amide bonds. The zero-order valence-electron chi connectivity index (χ0n) is 9.43. The highest BCUT2D eigenvalue weighted by molar-refractivity contribution is 5.94. The molecule has 0 aliphatic heterocycles. The highest BCUT2D eigenvalue weighted by atomic mass is 16.4. The Morgan fingerprint density at radius 2 is 1.88 bits per heavy atom. The molecule has 0 heterocycles. The Morgan fingerprint density at radius 1 is 1.29 bits per heavy atom. The van der Waals surface area contributed by atoms with Crippen LogP contribution in [0.5, 0.6) is 0 Å². The Kier molecular flexibility index (Phi) is 4.46. The summed E-state index contributed by atoms with van der Waals surface area (Å²) in [5.41, 5.74) is 6.07. The minimum atomic E-state index is -1.18. The van der Waals surface area contributed by atoms with Crippen LogP contribution in [0.25, 0.3) is 0 Å². The maximum Gasteiger partial charge on any atom is 0.331 e. The molecular weight excluding hydrogens is 218 g/mol. The third-order valence-electron chi connectivity index (χ3n) is 2.60. The van der Waals surface area contributed by atoms with Gasteiger partial charge in [0.2, 0.25) is 5.91 Å². The first-order valence-corrected chi connectivity index (χ1v) is 5.27. The molecule has 1 rings (SSSR count). The van der Waals surface area contributed by atoms with E-state index in [1.807, 2.05) is 30.3 Å². The number of carboxylic acids is 1. The number of carboxylic acid groups (broad SMARTS) is 1. The zero-order chi connectivity index (χ0) is 12.8. The number of amides is 1. The smallest absolute Gasteiger partial charge is 0.331 e. The summed E-state index contributed by atoms with van der Waals surface area (Å²) in [6.45, 7) is 3.39. The molecule has 4 heteroatoms. The van der Waals surface area contributed by atoms with E-state index < -0.39 is 17.8 Å². The lowest BCUT2D eigenvalue weighted by Crippen LogP contribution is -2.28. The van der Waals surface area contributed by atoms with Crippen molar-refractivity contribution < 1.29 is 14.7 Å². The average molecular weight is 233 g/mol. The molecule has 4 nitrogen and oxygen atoms in total. The third-order valence-corrected chi connectivity index (χ3v) is 2.60. The maximum absolute atomic E-state index is 11.2. The van der Waals surface area contributed by atoms with Crippen LogP contribution in [0.2, 0.25) is 0 Å². The molecular formula is C13H15NO3. The molecule has 0 spiro atoms. The minimum Gasteiger partial charge on any atom is -0.478 e. The second-order valence-corrected chi connectivity index (χ2v) is 3.81. The van der Waals surface area contributed by atoms with E-state index >= 15 is 0 Å². The lowest BCUT2D eigenvalue weighted by Gasteiger charge is -2.12. The van der Waals surface area contributed by atoms with Gasteiger partial charge in [0.25, 0.3) is 0 Å². The molecule has 90 valence electrons.